The van der Waals surface area contributed by atoms with Crippen LogP contribution < -0.4 is 16.0 Å². The molecule has 6 amide bonds. The summed E-state index contributed by atoms with van der Waals surface area (Å²) in [5, 5.41) is 7.82. The fourth-order valence-corrected chi connectivity index (χ4v) is 9.54. The van der Waals surface area contributed by atoms with Gasteiger partial charge in [-0.1, -0.05) is 25.1 Å². The summed E-state index contributed by atoms with van der Waals surface area (Å²) >= 11 is 0. The van der Waals surface area contributed by atoms with Crippen molar-refractivity contribution in [3.8, 4) is 0 Å². The molecule has 4 fully saturated rings. The van der Waals surface area contributed by atoms with Gasteiger partial charge in [-0.05, 0) is 93.7 Å². The molecule has 9 atom stereocenters. The highest BCUT2D eigenvalue weighted by Gasteiger charge is 2.50. The summed E-state index contributed by atoms with van der Waals surface area (Å²) < 4.78 is 51.8. The summed E-state index contributed by atoms with van der Waals surface area (Å²) in [6.07, 6.45) is -2.76. The topological polar surface area (TPSA) is 241 Å². The van der Waals surface area contributed by atoms with E-state index in [0.717, 1.165) is 28.2 Å². The predicted octanol–water partition coefficient (Wildman–Crippen LogP) is 1.48. The number of piperidine rings is 1. The number of carbonyl (C=O) groups is 7. The number of aryl methyl sites for hydroxylation is 2. The minimum Gasteiger partial charge on any atom is -0.458 e. The molecule has 0 aromatic heterocycles. The lowest BCUT2D eigenvalue weighted by Gasteiger charge is -2.39. The van der Waals surface area contributed by atoms with Gasteiger partial charge in [0, 0.05) is 38.5 Å². The molecule has 5 N–H and O–H groups in total. The predicted molar refractivity (Wildman–Crippen MR) is 222 cm³/mol. The van der Waals surface area contributed by atoms with Gasteiger partial charge in [0.2, 0.25) is 35.4 Å². The van der Waals surface area contributed by atoms with Gasteiger partial charge in [0.05, 0.1) is 12.5 Å². The number of esters is 1. The number of phosphoric ester groups is 1. The number of halogens is 2. The van der Waals surface area contributed by atoms with Crippen molar-refractivity contribution in [2.24, 2.45) is 5.92 Å². The van der Waals surface area contributed by atoms with Crippen molar-refractivity contribution < 1.29 is 66.0 Å². The molecule has 0 unspecified atom stereocenters. The molecule has 18 nitrogen and oxygen atoms in total. The first-order chi connectivity index (χ1) is 30.1. The van der Waals surface area contributed by atoms with Crippen LogP contribution in [0.4, 0.5) is 8.78 Å². The first-order valence-electron chi connectivity index (χ1n) is 21.4. The zero-order valence-electron chi connectivity index (χ0n) is 36.3. The number of ether oxygens (including phenoxy) is 1. The van der Waals surface area contributed by atoms with Crippen molar-refractivity contribution >= 4 is 49.2 Å². The van der Waals surface area contributed by atoms with Crippen LogP contribution in [0, 0.1) is 31.4 Å². The molecule has 2 aromatic carbocycles. The van der Waals surface area contributed by atoms with Gasteiger partial charge in [0.1, 0.15) is 54.0 Å². The van der Waals surface area contributed by atoms with Crippen LogP contribution in [0.1, 0.15) is 75.1 Å². The quantitative estimate of drug-likeness (QED) is 0.178. The molecular formula is C43H55F2N6O12P. The Morgan fingerprint density at radius 1 is 0.859 bits per heavy atom. The number of carbonyl (C=O) groups excluding carboxylic acids is 7. The fourth-order valence-electron chi connectivity index (χ4n) is 9.00. The van der Waals surface area contributed by atoms with E-state index in [2.05, 4.69) is 16.0 Å². The lowest BCUT2D eigenvalue weighted by Crippen LogP contribution is -2.63. The molecule has 21 heteroatoms. The second kappa shape index (κ2) is 19.8. The molecule has 64 heavy (non-hydrogen) atoms. The maximum atomic E-state index is 15.0. The zero-order valence-corrected chi connectivity index (χ0v) is 37.1. The number of nitrogens with one attached hydrogen (secondary N) is 3. The second-order valence-corrected chi connectivity index (χ2v) is 18.6. The second-order valence-electron chi connectivity index (χ2n) is 17.4. The minimum absolute atomic E-state index is 0.0370. The highest BCUT2D eigenvalue weighted by atomic mass is 31.2. The summed E-state index contributed by atoms with van der Waals surface area (Å²) in [6.45, 7) is 7.89. The lowest BCUT2D eigenvalue weighted by molar-refractivity contribution is -0.163. The van der Waals surface area contributed by atoms with Gasteiger partial charge in [-0.2, -0.15) is 0 Å². The van der Waals surface area contributed by atoms with Gasteiger partial charge < -0.3 is 45.2 Å². The molecule has 2 aromatic rings. The first kappa shape index (κ1) is 48.2. The van der Waals surface area contributed by atoms with Crippen molar-refractivity contribution in [1.82, 2.24) is 30.7 Å². The van der Waals surface area contributed by atoms with Gasteiger partial charge in [0.25, 0.3) is 0 Å². The Hall–Kier alpha value is -5.30. The van der Waals surface area contributed by atoms with Crippen LogP contribution in [0.2, 0.25) is 0 Å². The number of cyclic esters (lactones) is 1. The summed E-state index contributed by atoms with van der Waals surface area (Å²) in [4.78, 5) is 122. The van der Waals surface area contributed by atoms with Crippen molar-refractivity contribution in [3.63, 3.8) is 0 Å². The van der Waals surface area contributed by atoms with E-state index in [4.69, 9.17) is 9.26 Å². The van der Waals surface area contributed by atoms with Crippen LogP contribution in [0.3, 0.4) is 0 Å². The first-order valence-corrected chi connectivity index (χ1v) is 22.9. The smallest absolute Gasteiger partial charge is 0.458 e. The Morgan fingerprint density at radius 3 is 2.22 bits per heavy atom. The van der Waals surface area contributed by atoms with Crippen LogP contribution in [-0.4, -0.2) is 134 Å². The molecule has 6 rings (SSSR count). The Kier molecular flexibility index (Phi) is 14.9. The highest BCUT2D eigenvalue weighted by molar-refractivity contribution is 7.46. The fraction of sp³-hybridized carbons (Fsp3) is 0.558. The van der Waals surface area contributed by atoms with E-state index in [9.17, 15) is 56.7 Å². The lowest BCUT2D eigenvalue weighted by atomic mass is 9.98. The van der Waals surface area contributed by atoms with Crippen molar-refractivity contribution in [2.75, 3.05) is 19.6 Å². The van der Waals surface area contributed by atoms with Gasteiger partial charge in [-0.15, -0.1) is 0 Å². The largest absolute Gasteiger partial charge is 0.469 e. The number of hydrogen-bond acceptors (Lipinski definition) is 10. The van der Waals surface area contributed by atoms with E-state index in [1.807, 2.05) is 26.8 Å². The van der Waals surface area contributed by atoms with Gasteiger partial charge in [-0.25, -0.2) is 18.1 Å². The molecule has 4 aliphatic heterocycles. The van der Waals surface area contributed by atoms with E-state index in [1.54, 1.807) is 12.1 Å². The molecule has 348 valence electrons. The number of phosphoric acid groups is 1. The Bertz CT molecular complexity index is 2210. The number of rotatable bonds is 9. The van der Waals surface area contributed by atoms with Crippen LogP contribution in [-0.2, 0) is 60.2 Å². The normalized spacial score (nSPS) is 27.6. The summed E-state index contributed by atoms with van der Waals surface area (Å²) in [5.41, 5.74) is 2.43. The monoisotopic (exact) mass is 916 g/mol. The Balaban J connectivity index is 1.39. The van der Waals surface area contributed by atoms with Gasteiger partial charge >= 0.3 is 13.8 Å². The molecule has 4 aliphatic rings. The van der Waals surface area contributed by atoms with E-state index in [-0.39, 0.29) is 43.8 Å². The Morgan fingerprint density at radius 2 is 1.55 bits per heavy atom. The molecule has 0 spiro atoms. The standard InChI is InChI=1S/C43H55F2N6O12P/c1-22-12-35-43(58)62-26(5)37(48-38(53)32(16-28-14-29(44)18-30(45)15-28)47-36(52)17-27-10-9-23(2)24(3)13-27)42(57)51-21-31(63-64(59,60)61)19-34(51)41(56)49-11-7-6-8-33(49)39(54)46-25(4)40(55)50(35)20-22/h9-10,13-15,18,22,25-26,31-35,37H,6-8,11-12,16-17,19-21H2,1-5H3,(H,46,54)(H,47,52)(H,48,53)(H2,59,60,61)/t22-,25+,26+,31-,32+,33+,34+,35+,37+/m1/s1. The average Bonchev–Trinajstić information content (AvgIpc) is 3.82. The van der Waals surface area contributed by atoms with Crippen LogP contribution in [0.25, 0.3) is 0 Å². The van der Waals surface area contributed by atoms with Crippen molar-refractivity contribution in [3.05, 3.63) is 70.3 Å². The highest BCUT2D eigenvalue weighted by Crippen LogP contribution is 2.41. The van der Waals surface area contributed by atoms with E-state index >= 15 is 0 Å². The number of benzene rings is 2. The summed E-state index contributed by atoms with van der Waals surface area (Å²) in [6, 6.07) is -0.510. The van der Waals surface area contributed by atoms with Crippen LogP contribution >= 0.6 is 7.82 Å². The van der Waals surface area contributed by atoms with Gasteiger partial charge in [0.15, 0.2) is 0 Å². The maximum Gasteiger partial charge on any atom is 0.469 e. The van der Waals surface area contributed by atoms with Crippen molar-refractivity contribution in [1.29, 1.82) is 0 Å². The third-order valence-corrected chi connectivity index (χ3v) is 12.9. The minimum atomic E-state index is -5.20. The molecule has 0 aliphatic carbocycles. The molecule has 4 saturated heterocycles. The van der Waals surface area contributed by atoms with Crippen LogP contribution in [0.5, 0.6) is 0 Å². The van der Waals surface area contributed by atoms with Crippen molar-refractivity contribution in [2.45, 2.75) is 128 Å². The molecule has 0 radical (unpaired) electrons. The number of amides is 6. The van der Waals surface area contributed by atoms with E-state index < -0.39 is 129 Å². The molecular weight excluding hydrogens is 861 g/mol. The van der Waals surface area contributed by atoms with Gasteiger partial charge in [-0.3, -0.25) is 33.3 Å². The number of hydrogen-bond donors (Lipinski definition) is 5. The molecule has 4 heterocycles. The third-order valence-electron chi connectivity index (χ3n) is 12.3. The molecule has 0 bridgehead atoms. The van der Waals surface area contributed by atoms with E-state index in [1.165, 1.54) is 23.6 Å². The summed E-state index contributed by atoms with van der Waals surface area (Å²) in [5.74, 6) is -7.89. The SMILES string of the molecule is Cc1ccc(CC(=O)N[C@@H](Cc2cc(F)cc(F)c2)C(=O)N[C@@H]2C(=O)N3C[C@H](OP(=O)(O)O)C[C@H]3C(=O)N3CCCC[C@H]3C(=O)N[C@@H](C)C(=O)N3C[C@H](C)C[C@H]3C(=O)O[C@H]2C)cc1C. The summed E-state index contributed by atoms with van der Waals surface area (Å²) in [7, 11) is -5.20. The Labute approximate surface area is 369 Å². The third kappa shape index (κ3) is 11.5. The zero-order chi connectivity index (χ0) is 46.8. The van der Waals surface area contributed by atoms with E-state index in [0.29, 0.717) is 24.5 Å². The van der Waals surface area contributed by atoms with Crippen LogP contribution in [0.15, 0.2) is 36.4 Å². The number of nitrogens with zero attached hydrogens (tertiary/aromatic N) is 3. The number of fused-ring (bicyclic) bond motifs is 3. The average molecular weight is 917 g/mol. The maximum absolute atomic E-state index is 15.0. The molecule has 0 saturated carbocycles.